The third kappa shape index (κ3) is 3.37. The predicted octanol–water partition coefficient (Wildman–Crippen LogP) is 3.25. The van der Waals surface area contributed by atoms with Gasteiger partial charge in [-0.05, 0) is 31.4 Å². The van der Waals surface area contributed by atoms with Crippen LogP contribution in [0, 0.1) is 11.8 Å². The van der Waals surface area contributed by atoms with Gasteiger partial charge >= 0.3 is 12.0 Å². The molecule has 0 saturated carbocycles. The topological polar surface area (TPSA) is 82.8 Å². The Balaban J connectivity index is 1.68. The number of nitrogens with one attached hydrogen (secondary N) is 1. The van der Waals surface area contributed by atoms with Crippen LogP contribution >= 0.6 is 0 Å². The Morgan fingerprint density at radius 3 is 2.79 bits per heavy atom. The number of fused-ring (bicyclic) bond motifs is 1. The molecule has 1 saturated heterocycles. The van der Waals surface area contributed by atoms with E-state index in [1.165, 1.54) is 0 Å². The van der Waals surface area contributed by atoms with Crippen molar-refractivity contribution < 1.29 is 19.1 Å². The van der Waals surface area contributed by atoms with Crippen LogP contribution in [-0.4, -0.2) is 35.1 Å². The standard InChI is InChI=1S/C18H22N2O4/c1-11-7-14(17(21)22)10-20(9-11)18(23)19-12(2)16-8-13-5-3-4-6-15(13)24-16/h3-6,8,11-12,14H,7,9-10H2,1-2H3,(H,19,23)(H,21,22)/t11?,12-,14?/m0/s1. The zero-order valence-corrected chi connectivity index (χ0v) is 13.9. The number of hydrogen-bond acceptors (Lipinski definition) is 3. The number of carbonyl (C=O) groups is 2. The Labute approximate surface area is 140 Å². The first kappa shape index (κ1) is 16.4. The predicted molar refractivity (Wildman–Crippen MR) is 89.6 cm³/mol. The van der Waals surface area contributed by atoms with Gasteiger partial charge in [-0.25, -0.2) is 4.79 Å². The molecule has 2 amide bonds. The molecule has 3 atom stereocenters. The zero-order chi connectivity index (χ0) is 17.3. The molecule has 0 aliphatic carbocycles. The van der Waals surface area contributed by atoms with Gasteiger partial charge in [0.2, 0.25) is 0 Å². The van der Waals surface area contributed by atoms with Crippen molar-refractivity contribution in [2.45, 2.75) is 26.3 Å². The van der Waals surface area contributed by atoms with Gasteiger partial charge in [0.1, 0.15) is 11.3 Å². The molecule has 0 spiro atoms. The molecule has 2 N–H and O–H groups in total. The average Bonchev–Trinajstić information content (AvgIpc) is 2.98. The first-order valence-corrected chi connectivity index (χ1v) is 8.20. The van der Waals surface area contributed by atoms with Crippen LogP contribution < -0.4 is 5.32 Å². The maximum atomic E-state index is 12.5. The summed E-state index contributed by atoms with van der Waals surface area (Å²) in [5.41, 5.74) is 0.783. The van der Waals surface area contributed by atoms with E-state index in [-0.39, 0.29) is 24.5 Å². The number of urea groups is 1. The quantitative estimate of drug-likeness (QED) is 0.905. The van der Waals surface area contributed by atoms with Crippen molar-refractivity contribution in [2.24, 2.45) is 11.8 Å². The van der Waals surface area contributed by atoms with E-state index in [1.54, 1.807) is 4.90 Å². The molecular formula is C18H22N2O4. The molecular weight excluding hydrogens is 308 g/mol. The zero-order valence-electron chi connectivity index (χ0n) is 13.9. The molecule has 6 nitrogen and oxygen atoms in total. The second kappa shape index (κ2) is 6.55. The highest BCUT2D eigenvalue weighted by atomic mass is 16.4. The first-order chi connectivity index (χ1) is 11.4. The van der Waals surface area contributed by atoms with E-state index < -0.39 is 11.9 Å². The number of piperidine rings is 1. The minimum Gasteiger partial charge on any atom is -0.481 e. The lowest BCUT2D eigenvalue weighted by atomic mass is 9.91. The Morgan fingerprint density at radius 1 is 1.33 bits per heavy atom. The molecule has 128 valence electrons. The van der Waals surface area contributed by atoms with Crippen molar-refractivity contribution in [1.29, 1.82) is 0 Å². The lowest BCUT2D eigenvalue weighted by molar-refractivity contribution is -0.143. The van der Waals surface area contributed by atoms with Gasteiger partial charge in [0.15, 0.2) is 0 Å². The lowest BCUT2D eigenvalue weighted by Gasteiger charge is -2.35. The molecule has 1 aliphatic heterocycles. The van der Waals surface area contributed by atoms with Crippen LogP contribution in [0.3, 0.4) is 0 Å². The molecule has 1 aromatic heterocycles. The summed E-state index contributed by atoms with van der Waals surface area (Å²) in [5.74, 6) is -0.484. The Bertz CT molecular complexity index is 721. The van der Waals surface area contributed by atoms with Crippen molar-refractivity contribution in [2.75, 3.05) is 13.1 Å². The van der Waals surface area contributed by atoms with E-state index in [2.05, 4.69) is 5.32 Å². The molecule has 3 rings (SSSR count). The van der Waals surface area contributed by atoms with Crippen LogP contribution in [0.4, 0.5) is 4.79 Å². The molecule has 1 fully saturated rings. The SMILES string of the molecule is CC1CC(C(=O)O)CN(C(=O)N[C@@H](C)c2cc3ccccc3o2)C1. The second-order valence-electron chi connectivity index (χ2n) is 6.64. The third-order valence-corrected chi connectivity index (χ3v) is 4.51. The van der Waals surface area contributed by atoms with E-state index in [0.717, 1.165) is 11.0 Å². The minimum absolute atomic E-state index is 0.173. The molecule has 0 bridgehead atoms. The van der Waals surface area contributed by atoms with Crippen LogP contribution in [0.1, 0.15) is 32.1 Å². The number of aliphatic carboxylic acids is 1. The molecule has 1 aliphatic rings. The maximum Gasteiger partial charge on any atom is 0.318 e. The van der Waals surface area contributed by atoms with Crippen molar-refractivity contribution in [3.8, 4) is 0 Å². The van der Waals surface area contributed by atoms with Crippen molar-refractivity contribution in [3.05, 3.63) is 36.1 Å². The number of carboxylic acid groups (broad SMARTS) is 1. The number of hydrogen-bond donors (Lipinski definition) is 2. The van der Waals surface area contributed by atoms with Crippen LogP contribution in [0.2, 0.25) is 0 Å². The number of nitrogens with zero attached hydrogens (tertiary/aromatic N) is 1. The van der Waals surface area contributed by atoms with Gasteiger partial charge < -0.3 is 19.7 Å². The van der Waals surface area contributed by atoms with Crippen LogP contribution in [0.5, 0.6) is 0 Å². The fraction of sp³-hybridized carbons (Fsp3) is 0.444. The van der Waals surface area contributed by atoms with Gasteiger partial charge in [0, 0.05) is 18.5 Å². The Morgan fingerprint density at radius 2 is 2.08 bits per heavy atom. The highest BCUT2D eigenvalue weighted by Gasteiger charge is 2.32. The van der Waals surface area contributed by atoms with Gasteiger partial charge in [-0.2, -0.15) is 0 Å². The summed E-state index contributed by atoms with van der Waals surface area (Å²) in [6.45, 7) is 4.65. The highest BCUT2D eigenvalue weighted by molar-refractivity contribution is 5.79. The van der Waals surface area contributed by atoms with Gasteiger partial charge in [-0.15, -0.1) is 0 Å². The molecule has 2 heterocycles. The van der Waals surface area contributed by atoms with E-state index in [0.29, 0.717) is 18.7 Å². The summed E-state index contributed by atoms with van der Waals surface area (Å²) >= 11 is 0. The summed E-state index contributed by atoms with van der Waals surface area (Å²) < 4.78 is 5.77. The normalized spacial score (nSPS) is 22.3. The van der Waals surface area contributed by atoms with Gasteiger partial charge in [-0.3, -0.25) is 4.79 Å². The second-order valence-corrected chi connectivity index (χ2v) is 6.64. The summed E-state index contributed by atoms with van der Waals surface area (Å²) in [4.78, 5) is 25.3. The molecule has 0 radical (unpaired) electrons. The van der Waals surface area contributed by atoms with Gasteiger partial charge in [-0.1, -0.05) is 25.1 Å². The fourth-order valence-corrected chi connectivity index (χ4v) is 3.26. The van der Waals surface area contributed by atoms with Gasteiger partial charge in [0.05, 0.1) is 12.0 Å². The van der Waals surface area contributed by atoms with E-state index in [4.69, 9.17) is 4.42 Å². The molecule has 2 aromatic rings. The van der Waals surface area contributed by atoms with Crippen molar-refractivity contribution in [3.63, 3.8) is 0 Å². The number of carboxylic acids is 1. The fourth-order valence-electron chi connectivity index (χ4n) is 3.26. The number of carbonyl (C=O) groups excluding carboxylic acids is 1. The smallest absolute Gasteiger partial charge is 0.318 e. The maximum absolute atomic E-state index is 12.5. The molecule has 24 heavy (non-hydrogen) atoms. The summed E-state index contributed by atoms with van der Waals surface area (Å²) in [6, 6.07) is 9.06. The molecule has 6 heteroatoms. The van der Waals surface area contributed by atoms with Crippen LogP contribution in [0.25, 0.3) is 11.0 Å². The Hall–Kier alpha value is -2.50. The molecule has 2 unspecified atom stereocenters. The number of amides is 2. The molecule has 1 aromatic carbocycles. The number of furan rings is 1. The largest absolute Gasteiger partial charge is 0.481 e. The van der Waals surface area contributed by atoms with E-state index in [1.807, 2.05) is 44.2 Å². The monoisotopic (exact) mass is 330 g/mol. The summed E-state index contributed by atoms with van der Waals surface area (Å²) in [6.07, 6.45) is 0.609. The number of benzene rings is 1. The minimum atomic E-state index is -0.843. The summed E-state index contributed by atoms with van der Waals surface area (Å²) in [5, 5.41) is 13.1. The lowest BCUT2D eigenvalue weighted by Crippen LogP contribution is -2.49. The number of likely N-dealkylation sites (tertiary alicyclic amines) is 1. The van der Waals surface area contributed by atoms with E-state index >= 15 is 0 Å². The highest BCUT2D eigenvalue weighted by Crippen LogP contribution is 2.25. The van der Waals surface area contributed by atoms with Gasteiger partial charge in [0.25, 0.3) is 0 Å². The van der Waals surface area contributed by atoms with E-state index in [9.17, 15) is 14.7 Å². The Kier molecular flexibility index (Phi) is 4.46. The van der Waals surface area contributed by atoms with Crippen molar-refractivity contribution >= 4 is 23.0 Å². The first-order valence-electron chi connectivity index (χ1n) is 8.20. The van der Waals surface area contributed by atoms with Crippen LogP contribution in [-0.2, 0) is 4.79 Å². The average molecular weight is 330 g/mol. The van der Waals surface area contributed by atoms with Crippen molar-refractivity contribution in [1.82, 2.24) is 10.2 Å². The number of para-hydroxylation sites is 1. The summed E-state index contributed by atoms with van der Waals surface area (Å²) in [7, 11) is 0. The van der Waals surface area contributed by atoms with Crippen LogP contribution in [0.15, 0.2) is 34.7 Å². The number of rotatable bonds is 3. The third-order valence-electron chi connectivity index (χ3n) is 4.51.